The third-order valence-corrected chi connectivity index (χ3v) is 3.56. The van der Waals surface area contributed by atoms with E-state index in [1.54, 1.807) is 12.1 Å². The van der Waals surface area contributed by atoms with Crippen LogP contribution in [0.2, 0.25) is 0 Å². The fourth-order valence-electron chi connectivity index (χ4n) is 2.45. The molecule has 0 aliphatic heterocycles. The number of amides is 2. The van der Waals surface area contributed by atoms with Crippen molar-refractivity contribution in [1.82, 2.24) is 0 Å². The first-order valence-corrected chi connectivity index (χ1v) is 7.42. The highest BCUT2D eigenvalue weighted by molar-refractivity contribution is 6.20. The number of hydrogen-bond donors (Lipinski definition) is 0. The molecule has 0 saturated heterocycles. The molecular formula is C19H20FNO2. The van der Waals surface area contributed by atoms with Gasteiger partial charge < -0.3 is 0 Å². The third kappa shape index (κ3) is 3.65. The largest absolute Gasteiger partial charge is 0.274 e. The van der Waals surface area contributed by atoms with Crippen LogP contribution in [0.3, 0.4) is 0 Å². The minimum Gasteiger partial charge on any atom is -0.274 e. The summed E-state index contributed by atoms with van der Waals surface area (Å²) in [5, 5.41) is 0. The lowest BCUT2D eigenvalue weighted by molar-refractivity contribution is -0.115. The average Bonchev–Trinajstić information content (AvgIpc) is 2.47. The predicted molar refractivity (Wildman–Crippen MR) is 89.0 cm³/mol. The second kappa shape index (κ2) is 6.32. The molecule has 0 aromatic heterocycles. The van der Waals surface area contributed by atoms with Gasteiger partial charge in [0.15, 0.2) is 0 Å². The number of nitrogens with zero attached hydrogens (tertiary/aromatic N) is 1. The van der Waals surface area contributed by atoms with Gasteiger partial charge in [0, 0.05) is 12.5 Å². The molecule has 0 spiro atoms. The number of rotatable bonds is 2. The van der Waals surface area contributed by atoms with E-state index in [0.717, 1.165) is 10.5 Å². The van der Waals surface area contributed by atoms with Crippen LogP contribution in [0.5, 0.6) is 0 Å². The van der Waals surface area contributed by atoms with Crippen LogP contribution in [0, 0.1) is 5.82 Å². The molecule has 2 amide bonds. The lowest BCUT2D eigenvalue weighted by atomic mass is 9.85. The summed E-state index contributed by atoms with van der Waals surface area (Å²) in [6.07, 6.45) is 0. The van der Waals surface area contributed by atoms with Crippen molar-refractivity contribution in [1.29, 1.82) is 0 Å². The summed E-state index contributed by atoms with van der Waals surface area (Å²) in [6, 6.07) is 12.5. The Labute approximate surface area is 135 Å². The molecule has 0 bridgehead atoms. The molecule has 0 aliphatic rings. The molecule has 0 N–H and O–H groups in total. The number of halogens is 1. The Bertz CT molecular complexity index is 730. The van der Waals surface area contributed by atoms with Crippen LogP contribution < -0.4 is 4.90 Å². The summed E-state index contributed by atoms with van der Waals surface area (Å²) >= 11 is 0. The molecule has 23 heavy (non-hydrogen) atoms. The Kier molecular flexibility index (Phi) is 4.64. The van der Waals surface area contributed by atoms with Gasteiger partial charge in [0.2, 0.25) is 5.91 Å². The van der Waals surface area contributed by atoms with E-state index in [2.05, 4.69) is 0 Å². The number of imide groups is 1. The normalized spacial score (nSPS) is 11.2. The molecule has 2 aromatic carbocycles. The van der Waals surface area contributed by atoms with E-state index in [4.69, 9.17) is 0 Å². The van der Waals surface area contributed by atoms with Crippen molar-refractivity contribution >= 4 is 17.5 Å². The summed E-state index contributed by atoms with van der Waals surface area (Å²) in [4.78, 5) is 26.0. The topological polar surface area (TPSA) is 37.4 Å². The van der Waals surface area contributed by atoms with Gasteiger partial charge in [-0.15, -0.1) is 0 Å². The second-order valence-electron chi connectivity index (χ2n) is 6.43. The zero-order chi connectivity index (χ0) is 17.2. The fraction of sp³-hybridized carbons (Fsp3) is 0.263. The molecule has 3 nitrogen and oxygen atoms in total. The minimum absolute atomic E-state index is 0.229. The molecule has 4 heteroatoms. The van der Waals surface area contributed by atoms with Crippen LogP contribution in [-0.2, 0) is 10.2 Å². The average molecular weight is 313 g/mol. The van der Waals surface area contributed by atoms with Gasteiger partial charge >= 0.3 is 0 Å². The van der Waals surface area contributed by atoms with Gasteiger partial charge in [0.1, 0.15) is 5.82 Å². The molecule has 0 atom stereocenters. The molecule has 0 heterocycles. The van der Waals surface area contributed by atoms with E-state index in [0.29, 0.717) is 5.69 Å². The van der Waals surface area contributed by atoms with Crippen LogP contribution >= 0.6 is 0 Å². The number of para-hydroxylation sites is 1. The van der Waals surface area contributed by atoms with Crippen molar-refractivity contribution in [2.24, 2.45) is 0 Å². The van der Waals surface area contributed by atoms with Crippen LogP contribution in [0.15, 0.2) is 48.5 Å². The van der Waals surface area contributed by atoms with E-state index in [1.807, 2.05) is 32.9 Å². The highest BCUT2D eigenvalue weighted by Crippen LogP contribution is 2.32. The molecule has 0 unspecified atom stereocenters. The Morgan fingerprint density at radius 3 is 2.04 bits per heavy atom. The highest BCUT2D eigenvalue weighted by atomic mass is 19.1. The van der Waals surface area contributed by atoms with E-state index in [9.17, 15) is 14.0 Å². The maximum Gasteiger partial charge on any atom is 0.265 e. The minimum atomic E-state index is -0.464. The van der Waals surface area contributed by atoms with Gasteiger partial charge in [-0.2, -0.15) is 0 Å². The molecule has 0 radical (unpaired) electrons. The van der Waals surface area contributed by atoms with Crippen LogP contribution in [0.1, 0.15) is 43.6 Å². The number of anilines is 1. The van der Waals surface area contributed by atoms with E-state index < -0.39 is 11.7 Å². The second-order valence-corrected chi connectivity index (χ2v) is 6.43. The summed E-state index contributed by atoms with van der Waals surface area (Å²) in [7, 11) is 0. The maximum atomic E-state index is 13.1. The standard InChI is InChI=1S/C19H20FNO2/c1-13(22)21(18(23)14-9-11-15(20)12-10-14)17-8-6-5-7-16(17)19(2,3)4/h5-12H,1-4H3. The first kappa shape index (κ1) is 16.9. The summed E-state index contributed by atoms with van der Waals surface area (Å²) in [5.74, 6) is -1.27. The Morgan fingerprint density at radius 2 is 1.52 bits per heavy atom. The lowest BCUT2D eigenvalue weighted by Crippen LogP contribution is -2.37. The van der Waals surface area contributed by atoms with Gasteiger partial charge in [-0.1, -0.05) is 39.0 Å². The molecule has 0 fully saturated rings. The van der Waals surface area contributed by atoms with E-state index >= 15 is 0 Å². The molecule has 2 rings (SSSR count). The van der Waals surface area contributed by atoms with Gasteiger partial charge in [-0.25, -0.2) is 9.29 Å². The quantitative estimate of drug-likeness (QED) is 0.828. The summed E-state index contributed by atoms with van der Waals surface area (Å²) in [6.45, 7) is 7.41. The zero-order valence-corrected chi connectivity index (χ0v) is 13.8. The Balaban J connectivity index is 2.54. The zero-order valence-electron chi connectivity index (χ0n) is 13.8. The Hall–Kier alpha value is -2.49. The molecule has 0 aliphatic carbocycles. The van der Waals surface area contributed by atoms with Gasteiger partial charge in [-0.05, 0) is 41.3 Å². The predicted octanol–water partition coefficient (Wildman–Crippen LogP) is 4.32. The van der Waals surface area contributed by atoms with Crippen LogP contribution in [0.4, 0.5) is 10.1 Å². The SMILES string of the molecule is CC(=O)N(C(=O)c1ccc(F)cc1)c1ccccc1C(C)(C)C. The molecule has 120 valence electrons. The number of carbonyl (C=O) groups excluding carboxylic acids is 2. The first-order chi connectivity index (χ1) is 10.7. The monoisotopic (exact) mass is 313 g/mol. The fourth-order valence-corrected chi connectivity index (χ4v) is 2.45. The van der Waals surface area contributed by atoms with Gasteiger partial charge in [-0.3, -0.25) is 9.59 Å². The highest BCUT2D eigenvalue weighted by Gasteiger charge is 2.27. The Morgan fingerprint density at radius 1 is 0.957 bits per heavy atom. The number of benzene rings is 2. The van der Waals surface area contributed by atoms with Gasteiger partial charge in [0.25, 0.3) is 5.91 Å². The van der Waals surface area contributed by atoms with Crippen LogP contribution in [-0.4, -0.2) is 11.8 Å². The first-order valence-electron chi connectivity index (χ1n) is 7.42. The van der Waals surface area contributed by atoms with Crippen molar-refractivity contribution in [3.63, 3.8) is 0 Å². The van der Waals surface area contributed by atoms with Crippen molar-refractivity contribution < 1.29 is 14.0 Å². The molecule has 2 aromatic rings. The van der Waals surface area contributed by atoms with Gasteiger partial charge in [0.05, 0.1) is 5.69 Å². The smallest absolute Gasteiger partial charge is 0.265 e. The van der Waals surface area contributed by atoms with Crippen molar-refractivity contribution in [3.05, 3.63) is 65.5 Å². The maximum absolute atomic E-state index is 13.1. The summed E-state index contributed by atoms with van der Waals surface area (Å²) in [5.41, 5.74) is 1.49. The van der Waals surface area contributed by atoms with E-state index in [1.165, 1.54) is 31.2 Å². The lowest BCUT2D eigenvalue weighted by Gasteiger charge is -2.28. The number of hydrogen-bond acceptors (Lipinski definition) is 2. The van der Waals surface area contributed by atoms with E-state index in [-0.39, 0.29) is 16.9 Å². The molecular weight excluding hydrogens is 293 g/mol. The summed E-state index contributed by atoms with van der Waals surface area (Å²) < 4.78 is 13.1. The molecule has 0 saturated carbocycles. The van der Waals surface area contributed by atoms with Crippen LogP contribution in [0.25, 0.3) is 0 Å². The van der Waals surface area contributed by atoms with Crippen molar-refractivity contribution in [3.8, 4) is 0 Å². The van der Waals surface area contributed by atoms with Crippen molar-refractivity contribution in [2.75, 3.05) is 4.90 Å². The van der Waals surface area contributed by atoms with Crippen molar-refractivity contribution in [2.45, 2.75) is 33.1 Å². The number of carbonyl (C=O) groups is 2. The third-order valence-electron chi connectivity index (χ3n) is 3.56.